The van der Waals surface area contributed by atoms with Gasteiger partial charge in [0.15, 0.2) is 0 Å². The average Bonchev–Trinajstić information content (AvgIpc) is 2.55. The fourth-order valence-electron chi connectivity index (χ4n) is 2.29. The number of nitrogens with zero attached hydrogens (tertiary/aromatic N) is 3. The van der Waals surface area contributed by atoms with Crippen LogP contribution in [0.2, 0.25) is 5.15 Å². The van der Waals surface area contributed by atoms with Crippen molar-refractivity contribution in [2.45, 2.75) is 6.61 Å². The maximum atomic E-state index is 9.24. The van der Waals surface area contributed by atoms with Gasteiger partial charge in [-0.15, -0.1) is 0 Å². The predicted molar refractivity (Wildman–Crippen MR) is 81.4 cm³/mol. The van der Waals surface area contributed by atoms with E-state index in [1.165, 1.54) is 0 Å². The molecule has 5 nitrogen and oxygen atoms in total. The summed E-state index contributed by atoms with van der Waals surface area (Å²) in [6, 6.07) is 9.35. The third kappa shape index (κ3) is 3.32. The molecular weight excluding hydrogens is 290 g/mol. The number of rotatable bonds is 3. The molecular formula is C15H16ClN3O2. The number of anilines is 1. The summed E-state index contributed by atoms with van der Waals surface area (Å²) >= 11 is 6.13. The van der Waals surface area contributed by atoms with Crippen molar-refractivity contribution in [3.63, 3.8) is 0 Å². The zero-order chi connectivity index (χ0) is 14.7. The van der Waals surface area contributed by atoms with Gasteiger partial charge in [-0.25, -0.2) is 9.97 Å². The highest BCUT2D eigenvalue weighted by atomic mass is 35.5. The molecule has 1 saturated heterocycles. The van der Waals surface area contributed by atoms with Gasteiger partial charge < -0.3 is 14.7 Å². The number of aliphatic hydroxyl groups is 1. The second kappa shape index (κ2) is 6.39. The highest BCUT2D eigenvalue weighted by Gasteiger charge is 2.16. The molecule has 110 valence electrons. The van der Waals surface area contributed by atoms with Crippen LogP contribution < -0.4 is 4.90 Å². The Morgan fingerprint density at radius 1 is 1.19 bits per heavy atom. The number of aliphatic hydroxyl groups excluding tert-OH is 1. The lowest BCUT2D eigenvalue weighted by Gasteiger charge is -2.27. The first-order chi connectivity index (χ1) is 10.3. The summed E-state index contributed by atoms with van der Waals surface area (Å²) in [5, 5.41) is 9.65. The summed E-state index contributed by atoms with van der Waals surface area (Å²) in [7, 11) is 0. The number of morpholine rings is 1. The lowest BCUT2D eigenvalue weighted by molar-refractivity contribution is 0.122. The van der Waals surface area contributed by atoms with Crippen molar-refractivity contribution in [3.8, 4) is 11.3 Å². The maximum Gasteiger partial charge on any atom is 0.227 e. The fourth-order valence-corrected chi connectivity index (χ4v) is 2.47. The molecule has 1 aromatic carbocycles. The molecule has 1 aliphatic heterocycles. The Balaban J connectivity index is 1.96. The van der Waals surface area contributed by atoms with Gasteiger partial charge in [-0.05, 0) is 11.6 Å². The van der Waals surface area contributed by atoms with Crippen LogP contribution in [-0.4, -0.2) is 41.4 Å². The number of hydrogen-bond acceptors (Lipinski definition) is 5. The molecule has 2 heterocycles. The van der Waals surface area contributed by atoms with Crippen molar-refractivity contribution in [1.29, 1.82) is 0 Å². The summed E-state index contributed by atoms with van der Waals surface area (Å²) < 4.78 is 5.34. The standard InChI is InChI=1S/C15H16ClN3O2/c16-14-9-13(12-3-1-2-11(8-12)10-20)17-15(18-14)19-4-6-21-7-5-19/h1-3,8-9,20H,4-7,10H2. The van der Waals surface area contributed by atoms with Gasteiger partial charge >= 0.3 is 0 Å². The van der Waals surface area contributed by atoms with Crippen molar-refractivity contribution in [1.82, 2.24) is 9.97 Å². The predicted octanol–water partition coefficient (Wildman–Crippen LogP) is 2.13. The molecule has 0 unspecified atom stereocenters. The molecule has 6 heteroatoms. The molecule has 0 bridgehead atoms. The van der Waals surface area contributed by atoms with Gasteiger partial charge in [0.05, 0.1) is 25.5 Å². The fraction of sp³-hybridized carbons (Fsp3) is 0.333. The highest BCUT2D eigenvalue weighted by molar-refractivity contribution is 6.29. The molecule has 0 aliphatic carbocycles. The first kappa shape index (κ1) is 14.3. The van der Waals surface area contributed by atoms with Crippen LogP contribution in [0.1, 0.15) is 5.56 Å². The van der Waals surface area contributed by atoms with Gasteiger partial charge in [-0.1, -0.05) is 29.8 Å². The van der Waals surface area contributed by atoms with E-state index in [1.807, 2.05) is 24.3 Å². The topological polar surface area (TPSA) is 58.5 Å². The van der Waals surface area contributed by atoms with Crippen LogP contribution in [0.25, 0.3) is 11.3 Å². The van der Waals surface area contributed by atoms with Crippen LogP contribution in [0, 0.1) is 0 Å². The van der Waals surface area contributed by atoms with Crippen LogP contribution in [0.4, 0.5) is 5.95 Å². The normalized spacial score (nSPS) is 15.2. The van der Waals surface area contributed by atoms with Crippen molar-refractivity contribution < 1.29 is 9.84 Å². The van der Waals surface area contributed by atoms with Crippen LogP contribution >= 0.6 is 11.6 Å². The monoisotopic (exact) mass is 305 g/mol. The number of hydrogen-bond donors (Lipinski definition) is 1. The van der Waals surface area contributed by atoms with Gasteiger partial charge in [-0.2, -0.15) is 0 Å². The molecule has 0 amide bonds. The zero-order valence-electron chi connectivity index (χ0n) is 11.5. The third-order valence-corrected chi connectivity index (χ3v) is 3.58. The summed E-state index contributed by atoms with van der Waals surface area (Å²) in [4.78, 5) is 11.0. The van der Waals surface area contributed by atoms with Gasteiger partial charge in [0.1, 0.15) is 5.15 Å². The Morgan fingerprint density at radius 2 is 2.00 bits per heavy atom. The quantitative estimate of drug-likeness (QED) is 0.880. The molecule has 1 fully saturated rings. The van der Waals surface area contributed by atoms with Crippen LogP contribution in [-0.2, 0) is 11.3 Å². The molecule has 0 spiro atoms. The Labute approximate surface area is 128 Å². The van der Waals surface area contributed by atoms with E-state index in [4.69, 9.17) is 16.3 Å². The molecule has 0 atom stereocenters. The SMILES string of the molecule is OCc1cccc(-c2cc(Cl)nc(N3CCOCC3)n2)c1. The summed E-state index contributed by atoms with van der Waals surface area (Å²) in [5.74, 6) is 0.621. The van der Waals surface area contributed by atoms with Crippen molar-refractivity contribution in [3.05, 3.63) is 41.0 Å². The van der Waals surface area contributed by atoms with Gasteiger partial charge in [0, 0.05) is 24.7 Å². The number of aromatic nitrogens is 2. The zero-order valence-corrected chi connectivity index (χ0v) is 12.3. The molecule has 2 aromatic rings. The molecule has 1 N–H and O–H groups in total. The molecule has 1 aliphatic rings. The molecule has 0 saturated carbocycles. The summed E-state index contributed by atoms with van der Waals surface area (Å²) in [5.41, 5.74) is 2.52. The van der Waals surface area contributed by atoms with E-state index in [0.29, 0.717) is 24.3 Å². The van der Waals surface area contributed by atoms with Gasteiger partial charge in [0.25, 0.3) is 0 Å². The van der Waals surface area contributed by atoms with Crippen LogP contribution in [0.5, 0.6) is 0 Å². The molecule has 0 radical (unpaired) electrons. The second-order valence-electron chi connectivity index (χ2n) is 4.83. The second-order valence-corrected chi connectivity index (χ2v) is 5.22. The Morgan fingerprint density at radius 3 is 2.76 bits per heavy atom. The van der Waals surface area contributed by atoms with E-state index in [1.54, 1.807) is 6.07 Å². The van der Waals surface area contributed by atoms with E-state index in [9.17, 15) is 5.11 Å². The molecule has 21 heavy (non-hydrogen) atoms. The number of halogens is 1. The van der Waals surface area contributed by atoms with Crippen molar-refractivity contribution >= 4 is 17.5 Å². The Kier molecular flexibility index (Phi) is 4.34. The van der Waals surface area contributed by atoms with Gasteiger partial charge in [-0.3, -0.25) is 0 Å². The molecule has 3 rings (SSSR count). The largest absolute Gasteiger partial charge is 0.392 e. The van der Waals surface area contributed by atoms with E-state index in [2.05, 4.69) is 14.9 Å². The number of benzene rings is 1. The van der Waals surface area contributed by atoms with Crippen molar-refractivity contribution in [2.75, 3.05) is 31.2 Å². The minimum atomic E-state index is 0.00295. The lowest BCUT2D eigenvalue weighted by Crippen LogP contribution is -2.37. The van der Waals surface area contributed by atoms with E-state index in [-0.39, 0.29) is 6.61 Å². The smallest absolute Gasteiger partial charge is 0.227 e. The summed E-state index contributed by atoms with van der Waals surface area (Å²) in [6.07, 6.45) is 0. The van der Waals surface area contributed by atoms with E-state index in [0.717, 1.165) is 29.9 Å². The molecule has 1 aromatic heterocycles. The van der Waals surface area contributed by atoms with E-state index >= 15 is 0 Å². The minimum Gasteiger partial charge on any atom is -0.392 e. The lowest BCUT2D eigenvalue weighted by atomic mass is 10.1. The number of ether oxygens (including phenoxy) is 1. The maximum absolute atomic E-state index is 9.24. The van der Waals surface area contributed by atoms with Crippen molar-refractivity contribution in [2.24, 2.45) is 0 Å². The van der Waals surface area contributed by atoms with Gasteiger partial charge in [0.2, 0.25) is 5.95 Å². The highest BCUT2D eigenvalue weighted by Crippen LogP contribution is 2.24. The Bertz CT molecular complexity index is 630. The third-order valence-electron chi connectivity index (χ3n) is 3.38. The average molecular weight is 306 g/mol. The van der Waals surface area contributed by atoms with Crippen LogP contribution in [0.3, 0.4) is 0 Å². The first-order valence-electron chi connectivity index (χ1n) is 6.84. The van der Waals surface area contributed by atoms with Crippen LogP contribution in [0.15, 0.2) is 30.3 Å². The van der Waals surface area contributed by atoms with E-state index < -0.39 is 0 Å². The Hall–Kier alpha value is -1.69. The summed E-state index contributed by atoms with van der Waals surface area (Å²) in [6.45, 7) is 2.87. The minimum absolute atomic E-state index is 0.00295. The first-order valence-corrected chi connectivity index (χ1v) is 7.21.